The number of anilines is 1. The van der Waals surface area contributed by atoms with Gasteiger partial charge in [-0.05, 0) is 36.8 Å². The Morgan fingerprint density at radius 2 is 1.90 bits per heavy atom. The van der Waals surface area contributed by atoms with E-state index in [1.54, 1.807) is 24.3 Å². The van der Waals surface area contributed by atoms with E-state index in [1.165, 1.54) is 6.07 Å². The third-order valence-corrected chi connectivity index (χ3v) is 2.78. The predicted molar refractivity (Wildman–Crippen MR) is 76.5 cm³/mol. The lowest BCUT2D eigenvalue weighted by atomic mass is 10.2. The van der Waals surface area contributed by atoms with Crippen LogP contribution in [0.15, 0.2) is 42.5 Å². The molecule has 110 valence electrons. The van der Waals surface area contributed by atoms with Crippen molar-refractivity contribution in [1.82, 2.24) is 0 Å². The van der Waals surface area contributed by atoms with Crippen molar-refractivity contribution in [3.8, 4) is 5.75 Å². The highest BCUT2D eigenvalue weighted by molar-refractivity contribution is 6.05. The largest absolute Gasteiger partial charge is 0.491 e. The summed E-state index contributed by atoms with van der Waals surface area (Å²) in [4.78, 5) is 12.0. The van der Waals surface area contributed by atoms with Gasteiger partial charge in [-0.1, -0.05) is 19.1 Å². The molecule has 5 heteroatoms. The molecule has 0 heterocycles. The monoisotopic (exact) mass is 291 g/mol. The van der Waals surface area contributed by atoms with Gasteiger partial charge in [0.2, 0.25) is 0 Å². The number of nitrogens with one attached hydrogen (secondary N) is 1. The summed E-state index contributed by atoms with van der Waals surface area (Å²) in [5, 5.41) is 2.63. The highest BCUT2D eigenvalue weighted by Gasteiger charge is 2.12. The van der Waals surface area contributed by atoms with Crippen molar-refractivity contribution in [2.24, 2.45) is 0 Å². The van der Waals surface area contributed by atoms with E-state index in [0.717, 1.165) is 18.6 Å². The third-order valence-electron chi connectivity index (χ3n) is 2.78. The summed E-state index contributed by atoms with van der Waals surface area (Å²) >= 11 is 0. The van der Waals surface area contributed by atoms with Crippen molar-refractivity contribution in [2.45, 2.75) is 13.3 Å². The first-order valence-corrected chi connectivity index (χ1v) is 6.60. The normalized spacial score (nSPS) is 10.2. The van der Waals surface area contributed by atoms with Crippen molar-refractivity contribution in [3.63, 3.8) is 0 Å². The molecular formula is C16H15F2NO2. The zero-order valence-electron chi connectivity index (χ0n) is 11.5. The SMILES string of the molecule is CCCOc1ccccc1NC(=O)c1ccc(F)c(F)c1. The zero-order valence-corrected chi connectivity index (χ0v) is 11.5. The van der Waals surface area contributed by atoms with Gasteiger partial charge < -0.3 is 10.1 Å². The minimum absolute atomic E-state index is 0.0409. The average molecular weight is 291 g/mol. The lowest BCUT2D eigenvalue weighted by molar-refractivity contribution is 0.102. The van der Waals surface area contributed by atoms with Crippen LogP contribution in [0, 0.1) is 11.6 Å². The predicted octanol–water partition coefficient (Wildman–Crippen LogP) is 4.01. The molecule has 0 saturated heterocycles. The highest BCUT2D eigenvalue weighted by Crippen LogP contribution is 2.24. The van der Waals surface area contributed by atoms with Crippen LogP contribution in [0.4, 0.5) is 14.5 Å². The second kappa shape index (κ2) is 6.83. The molecule has 0 aliphatic carbocycles. The van der Waals surface area contributed by atoms with E-state index in [2.05, 4.69) is 5.32 Å². The first kappa shape index (κ1) is 15.0. The van der Waals surface area contributed by atoms with Gasteiger partial charge in [0.25, 0.3) is 5.91 Å². The van der Waals surface area contributed by atoms with Crippen molar-refractivity contribution in [3.05, 3.63) is 59.7 Å². The van der Waals surface area contributed by atoms with Crippen molar-refractivity contribution < 1.29 is 18.3 Å². The van der Waals surface area contributed by atoms with E-state index in [1.807, 2.05) is 6.92 Å². The van der Waals surface area contributed by atoms with Gasteiger partial charge in [-0.2, -0.15) is 0 Å². The molecule has 0 saturated carbocycles. The maximum atomic E-state index is 13.1. The van der Waals surface area contributed by atoms with Crippen molar-refractivity contribution >= 4 is 11.6 Å². The van der Waals surface area contributed by atoms with Gasteiger partial charge >= 0.3 is 0 Å². The fourth-order valence-corrected chi connectivity index (χ4v) is 1.74. The standard InChI is InChI=1S/C16H15F2NO2/c1-2-9-21-15-6-4-3-5-14(15)19-16(20)11-7-8-12(17)13(18)10-11/h3-8,10H,2,9H2,1H3,(H,19,20). The number of carbonyl (C=O) groups excluding carboxylic acids is 1. The van der Waals surface area contributed by atoms with Crippen LogP contribution in [0.5, 0.6) is 5.75 Å². The molecular weight excluding hydrogens is 276 g/mol. The Hall–Kier alpha value is -2.43. The highest BCUT2D eigenvalue weighted by atomic mass is 19.2. The molecule has 0 atom stereocenters. The van der Waals surface area contributed by atoms with Gasteiger partial charge in [-0.15, -0.1) is 0 Å². The Balaban J connectivity index is 2.17. The van der Waals surface area contributed by atoms with Crippen LogP contribution in [-0.2, 0) is 0 Å². The summed E-state index contributed by atoms with van der Waals surface area (Å²) in [7, 11) is 0. The first-order chi connectivity index (χ1) is 10.1. The summed E-state index contributed by atoms with van der Waals surface area (Å²) in [6.07, 6.45) is 0.839. The van der Waals surface area contributed by atoms with Gasteiger partial charge in [0, 0.05) is 5.56 Å². The Morgan fingerprint density at radius 3 is 2.62 bits per heavy atom. The molecule has 0 aliphatic heterocycles. The number of amides is 1. The second-order valence-corrected chi connectivity index (χ2v) is 4.43. The average Bonchev–Trinajstić information content (AvgIpc) is 2.49. The van der Waals surface area contributed by atoms with Gasteiger partial charge in [-0.3, -0.25) is 4.79 Å². The topological polar surface area (TPSA) is 38.3 Å². The molecule has 0 aromatic heterocycles. The minimum Gasteiger partial charge on any atom is -0.491 e. The summed E-state index contributed by atoms with van der Waals surface area (Å²) in [6, 6.07) is 9.96. The molecule has 0 aliphatic rings. The third kappa shape index (κ3) is 3.78. The Kier molecular flexibility index (Phi) is 4.87. The Labute approximate surface area is 121 Å². The van der Waals surface area contributed by atoms with E-state index >= 15 is 0 Å². The second-order valence-electron chi connectivity index (χ2n) is 4.43. The maximum absolute atomic E-state index is 13.1. The fourth-order valence-electron chi connectivity index (χ4n) is 1.74. The molecule has 0 spiro atoms. The van der Waals surface area contributed by atoms with E-state index in [9.17, 15) is 13.6 Å². The smallest absolute Gasteiger partial charge is 0.255 e. The molecule has 2 aromatic carbocycles. The quantitative estimate of drug-likeness (QED) is 0.904. The lowest BCUT2D eigenvalue weighted by Crippen LogP contribution is -2.13. The number of hydrogen-bond donors (Lipinski definition) is 1. The Morgan fingerprint density at radius 1 is 1.14 bits per heavy atom. The molecule has 0 radical (unpaired) electrons. The van der Waals surface area contributed by atoms with E-state index < -0.39 is 17.5 Å². The first-order valence-electron chi connectivity index (χ1n) is 6.60. The van der Waals surface area contributed by atoms with Gasteiger partial charge in [0.1, 0.15) is 5.75 Å². The number of rotatable bonds is 5. The molecule has 3 nitrogen and oxygen atoms in total. The molecule has 0 bridgehead atoms. The van der Waals surface area contributed by atoms with Gasteiger partial charge in [-0.25, -0.2) is 8.78 Å². The molecule has 2 rings (SSSR count). The molecule has 0 fully saturated rings. The van der Waals surface area contributed by atoms with E-state index in [-0.39, 0.29) is 5.56 Å². The van der Waals surface area contributed by atoms with Crippen LogP contribution in [-0.4, -0.2) is 12.5 Å². The Bertz CT molecular complexity index is 644. The molecule has 1 amide bonds. The lowest BCUT2D eigenvalue weighted by Gasteiger charge is -2.12. The van der Waals surface area contributed by atoms with Gasteiger partial charge in [0.15, 0.2) is 11.6 Å². The van der Waals surface area contributed by atoms with E-state index in [4.69, 9.17) is 4.74 Å². The summed E-state index contributed by atoms with van der Waals surface area (Å²) < 4.78 is 31.5. The number of para-hydroxylation sites is 2. The number of carbonyl (C=O) groups is 1. The van der Waals surface area contributed by atoms with Crippen molar-refractivity contribution in [2.75, 3.05) is 11.9 Å². The van der Waals surface area contributed by atoms with E-state index in [0.29, 0.717) is 18.0 Å². The minimum atomic E-state index is -1.06. The van der Waals surface area contributed by atoms with Crippen LogP contribution in [0.3, 0.4) is 0 Å². The number of hydrogen-bond acceptors (Lipinski definition) is 2. The summed E-state index contributed by atoms with van der Waals surface area (Å²) in [6.45, 7) is 2.50. The fraction of sp³-hybridized carbons (Fsp3) is 0.188. The number of benzene rings is 2. The van der Waals surface area contributed by atoms with Crippen LogP contribution < -0.4 is 10.1 Å². The molecule has 21 heavy (non-hydrogen) atoms. The van der Waals surface area contributed by atoms with Crippen LogP contribution in [0.2, 0.25) is 0 Å². The molecule has 1 N–H and O–H groups in total. The number of halogens is 2. The van der Waals surface area contributed by atoms with Crippen molar-refractivity contribution in [1.29, 1.82) is 0 Å². The van der Waals surface area contributed by atoms with Gasteiger partial charge in [0.05, 0.1) is 12.3 Å². The number of ether oxygens (including phenoxy) is 1. The summed E-state index contributed by atoms with van der Waals surface area (Å²) in [5.41, 5.74) is 0.528. The van der Waals surface area contributed by atoms with Crippen LogP contribution in [0.1, 0.15) is 23.7 Å². The maximum Gasteiger partial charge on any atom is 0.255 e. The summed E-state index contributed by atoms with van der Waals surface area (Å²) in [5.74, 6) is -2.03. The molecule has 0 unspecified atom stereocenters. The zero-order chi connectivity index (χ0) is 15.2. The van der Waals surface area contributed by atoms with Crippen LogP contribution in [0.25, 0.3) is 0 Å². The molecule has 2 aromatic rings. The van der Waals surface area contributed by atoms with Crippen LogP contribution >= 0.6 is 0 Å².